The average Bonchev–Trinajstić information content (AvgIpc) is 3.67. The van der Waals surface area contributed by atoms with Crippen molar-refractivity contribution in [3.05, 3.63) is 228 Å². The summed E-state index contributed by atoms with van der Waals surface area (Å²) in [5.41, 5.74) is 12.8. The SMILES string of the molecule is CCC1C(c2ccccc2)=NC(c2cc3ccccc3c3c#cccc23)=NC1c1cc(C2CCc3cc4ccccc4cc3-c3ccccc32)c2oc3ccc4ccccc4c3c2c1. The molecule has 3 heteroatoms. The van der Waals surface area contributed by atoms with Crippen LogP contribution in [0.4, 0.5) is 0 Å². The number of hydrogen-bond acceptors (Lipinski definition) is 3. The minimum atomic E-state index is -0.222. The lowest BCUT2D eigenvalue weighted by atomic mass is 9.79. The third-order valence-electron chi connectivity index (χ3n) is 14.1. The molecule has 1 aliphatic heterocycles. The van der Waals surface area contributed by atoms with Crippen LogP contribution in [0.5, 0.6) is 0 Å². The van der Waals surface area contributed by atoms with E-state index >= 15 is 0 Å². The standard InChI is InChI=1S/C61H42N2O/c1-2-44-58(38-17-4-3-5-18-38)62-61(54-34-41-21-9-10-22-45(41)47-24-12-15-27-50(47)54)63-59(44)43-35-53(60-55(36-43)57-46-23-11-8-16-37(46)29-31-56(57)64-60)51-30-28-42-32-39-19-6-7-20-40(39)33-52(42)49-26-14-13-25-48(49)51/h3-11,13-23,25-27,29,31-36,44,51,59H,2,28,30H2,1H3. The summed E-state index contributed by atoms with van der Waals surface area (Å²) in [7, 11) is 0. The largest absolute Gasteiger partial charge is 0.456 e. The highest BCUT2D eigenvalue weighted by molar-refractivity contribution is 6.23. The zero-order chi connectivity index (χ0) is 42.3. The van der Waals surface area contributed by atoms with Crippen molar-refractivity contribution in [2.45, 2.75) is 38.1 Å². The van der Waals surface area contributed by atoms with Gasteiger partial charge in [0, 0.05) is 44.5 Å². The van der Waals surface area contributed by atoms with E-state index in [4.69, 9.17) is 14.4 Å². The summed E-state index contributed by atoms with van der Waals surface area (Å²) in [6, 6.07) is 72.8. The highest BCUT2D eigenvalue weighted by atomic mass is 16.3. The third kappa shape index (κ3) is 5.76. The summed E-state index contributed by atoms with van der Waals surface area (Å²) in [5.74, 6) is 0.845. The molecule has 13 rings (SSSR count). The Morgan fingerprint density at radius 3 is 2.19 bits per heavy atom. The molecule has 0 N–H and O–H groups in total. The zero-order valence-corrected chi connectivity index (χ0v) is 35.5. The number of fused-ring (bicyclic) bond motifs is 12. The lowest BCUT2D eigenvalue weighted by Crippen LogP contribution is -2.28. The second-order valence-electron chi connectivity index (χ2n) is 17.6. The van der Waals surface area contributed by atoms with Gasteiger partial charge in [-0.15, -0.1) is 0 Å². The number of furan rings is 1. The van der Waals surface area contributed by atoms with Crippen molar-refractivity contribution in [3.63, 3.8) is 0 Å². The first kappa shape index (κ1) is 36.8. The molecule has 0 spiro atoms. The van der Waals surface area contributed by atoms with Gasteiger partial charge in [0.25, 0.3) is 0 Å². The van der Waals surface area contributed by atoms with Gasteiger partial charge in [0.1, 0.15) is 11.2 Å². The first-order valence-corrected chi connectivity index (χ1v) is 22.6. The monoisotopic (exact) mass is 818 g/mol. The van der Waals surface area contributed by atoms with Crippen LogP contribution in [0.1, 0.15) is 65.1 Å². The molecule has 0 amide bonds. The molecule has 11 aromatic rings. The number of amidine groups is 1. The summed E-state index contributed by atoms with van der Waals surface area (Å²) in [6.07, 6.45) is 2.77. The number of hydrogen-bond donors (Lipinski definition) is 0. The van der Waals surface area contributed by atoms with Gasteiger partial charge in [-0.1, -0.05) is 159 Å². The Hall–Kier alpha value is -7.80. The van der Waals surface area contributed by atoms with E-state index in [2.05, 4.69) is 195 Å². The topological polar surface area (TPSA) is 37.9 Å². The van der Waals surface area contributed by atoms with Crippen molar-refractivity contribution in [1.29, 1.82) is 0 Å². The lowest BCUT2D eigenvalue weighted by molar-refractivity contribution is 0.532. The fraction of sp³-hybridized carbons (Fsp3) is 0.115. The normalized spacial score (nSPS) is 17.3. The molecule has 0 bridgehead atoms. The molecule has 64 heavy (non-hydrogen) atoms. The van der Waals surface area contributed by atoms with Gasteiger partial charge < -0.3 is 4.42 Å². The van der Waals surface area contributed by atoms with Crippen LogP contribution in [-0.2, 0) is 6.42 Å². The highest BCUT2D eigenvalue weighted by Crippen LogP contribution is 2.49. The predicted octanol–water partition coefficient (Wildman–Crippen LogP) is 15.6. The molecule has 3 nitrogen and oxygen atoms in total. The van der Waals surface area contributed by atoms with E-state index in [-0.39, 0.29) is 17.9 Å². The van der Waals surface area contributed by atoms with E-state index in [9.17, 15) is 0 Å². The molecular weight excluding hydrogens is 777 g/mol. The van der Waals surface area contributed by atoms with E-state index in [1.807, 2.05) is 6.07 Å². The molecule has 1 aromatic heterocycles. The van der Waals surface area contributed by atoms with E-state index in [1.165, 1.54) is 54.9 Å². The Morgan fingerprint density at radius 1 is 0.594 bits per heavy atom. The molecule has 3 unspecified atom stereocenters. The van der Waals surface area contributed by atoms with Crippen LogP contribution in [0.2, 0.25) is 0 Å². The van der Waals surface area contributed by atoms with Crippen molar-refractivity contribution in [3.8, 4) is 11.1 Å². The second-order valence-corrected chi connectivity index (χ2v) is 17.6. The van der Waals surface area contributed by atoms with Gasteiger partial charge in [0.2, 0.25) is 0 Å². The molecule has 0 fully saturated rings. The van der Waals surface area contributed by atoms with Crippen LogP contribution in [0, 0.1) is 18.1 Å². The maximum absolute atomic E-state index is 7.14. The smallest absolute Gasteiger partial charge is 0.156 e. The molecule has 0 radical (unpaired) electrons. The average molecular weight is 819 g/mol. The summed E-state index contributed by atoms with van der Waals surface area (Å²) in [6.45, 7) is 2.29. The third-order valence-corrected chi connectivity index (χ3v) is 14.1. The minimum absolute atomic E-state index is 0.0241. The highest BCUT2D eigenvalue weighted by Gasteiger charge is 2.35. The quantitative estimate of drug-likeness (QED) is 0.170. The molecule has 2 aliphatic rings. The Kier molecular flexibility index (Phi) is 8.43. The predicted molar refractivity (Wildman–Crippen MR) is 266 cm³/mol. The lowest BCUT2D eigenvalue weighted by Gasteiger charge is -2.31. The van der Waals surface area contributed by atoms with Gasteiger partial charge in [-0.25, -0.2) is 4.99 Å². The first-order valence-electron chi connectivity index (χ1n) is 22.6. The first-order chi connectivity index (χ1) is 31.7. The summed E-state index contributed by atoms with van der Waals surface area (Å²) < 4.78 is 7.14. The molecule has 3 atom stereocenters. The van der Waals surface area contributed by atoms with Gasteiger partial charge in [-0.05, 0) is 127 Å². The maximum atomic E-state index is 7.14. The van der Waals surface area contributed by atoms with Crippen molar-refractivity contribution < 1.29 is 4.42 Å². The van der Waals surface area contributed by atoms with Crippen molar-refractivity contribution >= 4 is 76.6 Å². The Balaban J connectivity index is 1.09. The second kappa shape index (κ2) is 14.7. The molecule has 0 saturated heterocycles. The number of rotatable bonds is 5. The van der Waals surface area contributed by atoms with E-state index in [0.717, 1.165) is 85.4 Å². The Labute approximate surface area is 372 Å². The fourth-order valence-electron chi connectivity index (χ4n) is 11.1. The molecule has 2 heterocycles. The molecule has 10 aromatic carbocycles. The van der Waals surface area contributed by atoms with Crippen LogP contribution < -0.4 is 0 Å². The van der Waals surface area contributed by atoms with Crippen LogP contribution in [0.25, 0.3) is 76.2 Å². The maximum Gasteiger partial charge on any atom is 0.156 e. The zero-order valence-electron chi connectivity index (χ0n) is 35.5. The summed E-state index contributed by atoms with van der Waals surface area (Å²) >= 11 is 0. The van der Waals surface area contributed by atoms with Gasteiger partial charge >= 0.3 is 0 Å². The van der Waals surface area contributed by atoms with E-state index in [0.29, 0.717) is 0 Å². The van der Waals surface area contributed by atoms with Gasteiger partial charge in [0.05, 0.1) is 11.8 Å². The molecule has 302 valence electrons. The van der Waals surface area contributed by atoms with Crippen molar-refractivity contribution in [2.75, 3.05) is 0 Å². The Bertz CT molecular complexity index is 3740. The van der Waals surface area contributed by atoms with E-state index < -0.39 is 0 Å². The van der Waals surface area contributed by atoms with Crippen LogP contribution in [-0.4, -0.2) is 11.5 Å². The van der Waals surface area contributed by atoms with Gasteiger partial charge in [-0.2, -0.15) is 0 Å². The Morgan fingerprint density at radius 2 is 1.33 bits per heavy atom. The molecule has 0 saturated carbocycles. The number of nitrogens with zero attached hydrogens (tertiary/aromatic N) is 2. The van der Waals surface area contributed by atoms with Crippen LogP contribution in [0.3, 0.4) is 0 Å². The van der Waals surface area contributed by atoms with Gasteiger partial charge in [-0.3, -0.25) is 4.99 Å². The summed E-state index contributed by atoms with van der Waals surface area (Å²) in [4.78, 5) is 11.4. The van der Waals surface area contributed by atoms with Crippen LogP contribution in [0.15, 0.2) is 196 Å². The molecule has 1 aliphatic carbocycles. The van der Waals surface area contributed by atoms with E-state index in [1.54, 1.807) is 0 Å². The number of aryl methyl sites for hydroxylation is 1. The minimum Gasteiger partial charge on any atom is -0.456 e. The number of aliphatic imine (C=N–C) groups is 2. The van der Waals surface area contributed by atoms with Crippen LogP contribution >= 0.6 is 0 Å². The van der Waals surface area contributed by atoms with Crippen molar-refractivity contribution in [1.82, 2.24) is 0 Å². The van der Waals surface area contributed by atoms with Gasteiger partial charge in [0.15, 0.2) is 5.84 Å². The number of benzene rings is 9. The van der Waals surface area contributed by atoms with Crippen molar-refractivity contribution in [2.24, 2.45) is 15.9 Å². The summed E-state index contributed by atoms with van der Waals surface area (Å²) in [5, 5.41) is 11.6. The fourth-order valence-corrected chi connectivity index (χ4v) is 11.1. The molecular formula is C61H42N2O.